The molecule has 1 aliphatic heterocycles. The first kappa shape index (κ1) is 21.7. The molecule has 2 heterocycles. The molecule has 4 rings (SSSR count). The Hall–Kier alpha value is -2.57. The predicted molar refractivity (Wildman–Crippen MR) is 129 cm³/mol. The van der Waals surface area contributed by atoms with Crippen LogP contribution in [0.25, 0.3) is 0 Å². The van der Waals surface area contributed by atoms with Gasteiger partial charge in [-0.25, -0.2) is 0 Å². The standard InChI is InChI=1S/C25H30N4OS/c1-18-14-19(2)29(27-18)16-21-6-4-7-22(15-21)25(30)26-24-9-5-8-23(20(24)3)17-28-10-12-31-13-11-28/h4-9,14-15H,10-13,16-17H2,1-3H3,(H,26,30). The lowest BCUT2D eigenvalue weighted by Crippen LogP contribution is -2.32. The zero-order valence-corrected chi connectivity index (χ0v) is 19.3. The van der Waals surface area contributed by atoms with E-state index < -0.39 is 0 Å². The van der Waals surface area contributed by atoms with Gasteiger partial charge in [0.2, 0.25) is 0 Å². The average molecular weight is 435 g/mol. The molecule has 31 heavy (non-hydrogen) atoms. The van der Waals surface area contributed by atoms with Gasteiger partial charge in [0.1, 0.15) is 0 Å². The van der Waals surface area contributed by atoms with E-state index in [-0.39, 0.29) is 5.91 Å². The number of thioether (sulfide) groups is 1. The second-order valence-electron chi connectivity index (χ2n) is 8.22. The van der Waals surface area contributed by atoms with Crippen molar-refractivity contribution in [2.24, 2.45) is 0 Å². The molecule has 3 aromatic rings. The molecule has 6 heteroatoms. The van der Waals surface area contributed by atoms with E-state index in [2.05, 4.69) is 41.3 Å². The highest BCUT2D eigenvalue weighted by Crippen LogP contribution is 2.23. The number of aromatic nitrogens is 2. The quantitative estimate of drug-likeness (QED) is 0.613. The van der Waals surface area contributed by atoms with Crippen molar-refractivity contribution in [3.8, 4) is 0 Å². The molecule has 1 fully saturated rings. The number of nitrogens with zero attached hydrogens (tertiary/aromatic N) is 3. The number of benzene rings is 2. The summed E-state index contributed by atoms with van der Waals surface area (Å²) >= 11 is 2.02. The third kappa shape index (κ3) is 5.38. The molecular formula is C25H30N4OS. The summed E-state index contributed by atoms with van der Waals surface area (Å²) in [5, 5.41) is 7.65. The van der Waals surface area contributed by atoms with E-state index in [1.54, 1.807) is 0 Å². The molecule has 0 spiro atoms. The van der Waals surface area contributed by atoms with Crippen LogP contribution in [0.15, 0.2) is 48.5 Å². The van der Waals surface area contributed by atoms with E-state index in [1.807, 2.05) is 59.8 Å². The molecular weight excluding hydrogens is 404 g/mol. The highest BCUT2D eigenvalue weighted by molar-refractivity contribution is 7.99. The molecule has 1 N–H and O–H groups in total. The first-order valence-corrected chi connectivity index (χ1v) is 11.9. The van der Waals surface area contributed by atoms with Crippen molar-refractivity contribution in [1.82, 2.24) is 14.7 Å². The number of amides is 1. The summed E-state index contributed by atoms with van der Waals surface area (Å²) in [5.74, 6) is 2.32. The van der Waals surface area contributed by atoms with Gasteiger partial charge in [0, 0.05) is 48.1 Å². The van der Waals surface area contributed by atoms with Gasteiger partial charge in [-0.15, -0.1) is 0 Å². The predicted octanol–water partition coefficient (Wildman–Crippen LogP) is 4.66. The molecule has 2 aromatic carbocycles. The minimum absolute atomic E-state index is 0.0789. The maximum absolute atomic E-state index is 13.0. The normalized spacial score (nSPS) is 14.5. The van der Waals surface area contributed by atoms with Crippen LogP contribution >= 0.6 is 11.8 Å². The minimum Gasteiger partial charge on any atom is -0.322 e. The Kier molecular flexibility index (Phi) is 6.78. The number of hydrogen-bond acceptors (Lipinski definition) is 4. The highest BCUT2D eigenvalue weighted by Gasteiger charge is 2.15. The number of rotatable bonds is 6. The van der Waals surface area contributed by atoms with Gasteiger partial charge in [-0.2, -0.15) is 16.9 Å². The molecule has 0 radical (unpaired) electrons. The maximum atomic E-state index is 13.0. The van der Waals surface area contributed by atoms with Crippen LogP contribution in [-0.4, -0.2) is 45.2 Å². The largest absolute Gasteiger partial charge is 0.322 e. The Morgan fingerprint density at radius 3 is 2.55 bits per heavy atom. The highest BCUT2D eigenvalue weighted by atomic mass is 32.2. The zero-order valence-electron chi connectivity index (χ0n) is 18.5. The first-order chi connectivity index (χ1) is 15.0. The monoisotopic (exact) mass is 434 g/mol. The van der Waals surface area contributed by atoms with Crippen LogP contribution in [0.1, 0.15) is 38.4 Å². The lowest BCUT2D eigenvalue weighted by molar-refractivity contribution is 0.102. The molecule has 0 unspecified atom stereocenters. The number of carbonyl (C=O) groups is 1. The molecule has 1 saturated heterocycles. The molecule has 0 bridgehead atoms. The summed E-state index contributed by atoms with van der Waals surface area (Å²) < 4.78 is 1.97. The Bertz CT molecular complexity index is 1070. The Balaban J connectivity index is 1.47. The number of anilines is 1. The summed E-state index contributed by atoms with van der Waals surface area (Å²) in [6, 6.07) is 16.1. The van der Waals surface area contributed by atoms with Crippen LogP contribution in [0.2, 0.25) is 0 Å². The van der Waals surface area contributed by atoms with Crippen molar-refractivity contribution in [3.63, 3.8) is 0 Å². The van der Waals surface area contributed by atoms with Crippen molar-refractivity contribution < 1.29 is 4.79 Å². The molecule has 1 aliphatic rings. The summed E-state index contributed by atoms with van der Waals surface area (Å²) in [7, 11) is 0. The van der Waals surface area contributed by atoms with Crippen molar-refractivity contribution in [2.45, 2.75) is 33.9 Å². The van der Waals surface area contributed by atoms with Crippen molar-refractivity contribution >= 4 is 23.4 Å². The SMILES string of the molecule is Cc1cc(C)n(Cc2cccc(C(=O)Nc3cccc(CN4CCSCC4)c3C)c2)n1. The van der Waals surface area contributed by atoms with Crippen LogP contribution < -0.4 is 5.32 Å². The zero-order chi connectivity index (χ0) is 21.8. The number of nitrogens with one attached hydrogen (secondary N) is 1. The third-order valence-electron chi connectivity index (χ3n) is 5.82. The van der Waals surface area contributed by atoms with Crippen LogP contribution in [0.4, 0.5) is 5.69 Å². The van der Waals surface area contributed by atoms with Crippen molar-refractivity contribution in [2.75, 3.05) is 29.9 Å². The van der Waals surface area contributed by atoms with Gasteiger partial charge in [-0.05, 0) is 61.7 Å². The number of hydrogen-bond donors (Lipinski definition) is 1. The van der Waals surface area contributed by atoms with Gasteiger partial charge in [-0.1, -0.05) is 24.3 Å². The van der Waals surface area contributed by atoms with Crippen LogP contribution in [0, 0.1) is 20.8 Å². The van der Waals surface area contributed by atoms with E-state index in [4.69, 9.17) is 0 Å². The van der Waals surface area contributed by atoms with Crippen LogP contribution in [0.3, 0.4) is 0 Å². The topological polar surface area (TPSA) is 50.2 Å². The molecule has 1 amide bonds. The lowest BCUT2D eigenvalue weighted by Gasteiger charge is -2.27. The van der Waals surface area contributed by atoms with E-state index in [9.17, 15) is 4.79 Å². The fourth-order valence-corrected chi connectivity index (χ4v) is 4.98. The first-order valence-electron chi connectivity index (χ1n) is 10.8. The fourth-order valence-electron chi connectivity index (χ4n) is 4.00. The lowest BCUT2D eigenvalue weighted by atomic mass is 10.1. The van der Waals surface area contributed by atoms with Crippen molar-refractivity contribution in [3.05, 3.63) is 82.2 Å². The van der Waals surface area contributed by atoms with Gasteiger partial charge in [0.15, 0.2) is 0 Å². The molecule has 162 valence electrons. The average Bonchev–Trinajstić information content (AvgIpc) is 3.08. The van der Waals surface area contributed by atoms with Crippen LogP contribution in [-0.2, 0) is 13.1 Å². The molecule has 5 nitrogen and oxygen atoms in total. The molecule has 0 aliphatic carbocycles. The third-order valence-corrected chi connectivity index (χ3v) is 6.76. The molecule has 0 saturated carbocycles. The van der Waals surface area contributed by atoms with E-state index in [1.165, 1.54) is 17.1 Å². The fraction of sp³-hybridized carbons (Fsp3) is 0.360. The van der Waals surface area contributed by atoms with Crippen molar-refractivity contribution in [1.29, 1.82) is 0 Å². The summed E-state index contributed by atoms with van der Waals surface area (Å²) in [6.45, 7) is 10.00. The summed E-state index contributed by atoms with van der Waals surface area (Å²) in [6.07, 6.45) is 0. The van der Waals surface area contributed by atoms with Gasteiger partial charge >= 0.3 is 0 Å². The Labute approximate surface area is 188 Å². The second-order valence-corrected chi connectivity index (χ2v) is 9.44. The molecule has 0 atom stereocenters. The van der Waals surface area contributed by atoms with E-state index in [0.717, 1.165) is 47.8 Å². The molecule has 1 aromatic heterocycles. The number of carbonyl (C=O) groups excluding carboxylic acids is 1. The number of aryl methyl sites for hydroxylation is 2. The summed E-state index contributed by atoms with van der Waals surface area (Å²) in [5.41, 5.74) is 7.16. The van der Waals surface area contributed by atoms with E-state index >= 15 is 0 Å². The Morgan fingerprint density at radius 2 is 1.81 bits per heavy atom. The smallest absolute Gasteiger partial charge is 0.255 e. The van der Waals surface area contributed by atoms with Gasteiger partial charge in [0.05, 0.1) is 12.2 Å². The summed E-state index contributed by atoms with van der Waals surface area (Å²) in [4.78, 5) is 15.5. The van der Waals surface area contributed by atoms with Gasteiger partial charge < -0.3 is 5.32 Å². The second kappa shape index (κ2) is 9.71. The maximum Gasteiger partial charge on any atom is 0.255 e. The minimum atomic E-state index is -0.0789. The van der Waals surface area contributed by atoms with Gasteiger partial charge in [0.25, 0.3) is 5.91 Å². The Morgan fingerprint density at radius 1 is 1.03 bits per heavy atom. The van der Waals surface area contributed by atoms with Crippen LogP contribution in [0.5, 0.6) is 0 Å². The van der Waals surface area contributed by atoms with Gasteiger partial charge in [-0.3, -0.25) is 14.4 Å². The van der Waals surface area contributed by atoms with E-state index in [0.29, 0.717) is 12.1 Å².